The van der Waals surface area contributed by atoms with Gasteiger partial charge in [-0.05, 0) is 31.8 Å². The largest absolute Gasteiger partial charge is 0.399 e. The first-order valence-electron chi connectivity index (χ1n) is 4.92. The molecule has 78 valence electrons. The monoisotopic (exact) mass is 192 g/mol. The summed E-state index contributed by atoms with van der Waals surface area (Å²) >= 11 is 0. The molecule has 0 bridgehead atoms. The zero-order valence-corrected chi connectivity index (χ0v) is 9.54. The highest BCUT2D eigenvalue weighted by atomic mass is 15.1. The zero-order valence-electron chi connectivity index (χ0n) is 9.54. The van der Waals surface area contributed by atoms with Crippen LogP contribution in [0.2, 0.25) is 0 Å². The van der Waals surface area contributed by atoms with Crippen LogP contribution in [0.15, 0.2) is 24.3 Å². The highest BCUT2D eigenvalue weighted by molar-refractivity contribution is 5.43. The van der Waals surface area contributed by atoms with Crippen LogP contribution in [0, 0.1) is 0 Å². The average Bonchev–Trinajstić information content (AvgIpc) is 2.01. The molecule has 2 nitrogen and oxygen atoms in total. The van der Waals surface area contributed by atoms with Gasteiger partial charge in [0.25, 0.3) is 0 Å². The van der Waals surface area contributed by atoms with Gasteiger partial charge < -0.3 is 10.6 Å². The maximum absolute atomic E-state index is 5.77. The van der Waals surface area contributed by atoms with Crippen molar-refractivity contribution in [1.29, 1.82) is 0 Å². The van der Waals surface area contributed by atoms with Gasteiger partial charge in [0.15, 0.2) is 0 Å². The Hall–Kier alpha value is -1.02. The number of nitrogen functional groups attached to an aromatic ring is 1. The molecule has 0 heterocycles. The molecule has 0 aliphatic heterocycles. The van der Waals surface area contributed by atoms with Crippen molar-refractivity contribution in [3.8, 4) is 0 Å². The lowest BCUT2D eigenvalue weighted by molar-refractivity contribution is 0.315. The number of likely N-dealkylation sites (N-methyl/N-ethyl adjacent to an activating group) is 1. The van der Waals surface area contributed by atoms with Crippen molar-refractivity contribution >= 4 is 5.69 Å². The summed E-state index contributed by atoms with van der Waals surface area (Å²) < 4.78 is 0. The van der Waals surface area contributed by atoms with Gasteiger partial charge in [-0.3, -0.25) is 0 Å². The second-order valence-corrected chi connectivity index (χ2v) is 4.75. The van der Waals surface area contributed by atoms with Gasteiger partial charge >= 0.3 is 0 Å². The van der Waals surface area contributed by atoms with Crippen molar-refractivity contribution in [3.63, 3.8) is 0 Å². The quantitative estimate of drug-likeness (QED) is 0.743. The fourth-order valence-corrected chi connectivity index (χ4v) is 1.84. The van der Waals surface area contributed by atoms with Crippen LogP contribution < -0.4 is 5.73 Å². The van der Waals surface area contributed by atoms with E-state index in [1.165, 1.54) is 5.56 Å². The van der Waals surface area contributed by atoms with Crippen molar-refractivity contribution < 1.29 is 0 Å². The van der Waals surface area contributed by atoms with E-state index in [-0.39, 0.29) is 5.41 Å². The number of hydrogen-bond donors (Lipinski definition) is 1. The molecule has 0 unspecified atom stereocenters. The summed E-state index contributed by atoms with van der Waals surface area (Å²) in [6.45, 7) is 5.50. The summed E-state index contributed by atoms with van der Waals surface area (Å²) in [5, 5.41) is 0. The summed E-state index contributed by atoms with van der Waals surface area (Å²) in [6, 6.07) is 8.14. The summed E-state index contributed by atoms with van der Waals surface area (Å²) in [4.78, 5) is 2.20. The number of rotatable bonds is 3. The minimum atomic E-state index is 0.152. The number of benzene rings is 1. The molecule has 0 aliphatic carbocycles. The lowest BCUT2D eigenvalue weighted by Crippen LogP contribution is -2.32. The molecule has 0 aromatic heterocycles. The van der Waals surface area contributed by atoms with Crippen molar-refractivity contribution in [2.24, 2.45) is 0 Å². The minimum absolute atomic E-state index is 0.152. The van der Waals surface area contributed by atoms with Gasteiger partial charge in [0.05, 0.1) is 0 Å². The first kappa shape index (κ1) is 11.1. The molecule has 0 saturated carbocycles. The molecule has 2 heteroatoms. The van der Waals surface area contributed by atoms with Gasteiger partial charge in [-0.2, -0.15) is 0 Å². The Morgan fingerprint density at radius 3 is 2.43 bits per heavy atom. The first-order chi connectivity index (χ1) is 6.42. The molecule has 0 saturated heterocycles. The third kappa shape index (κ3) is 2.74. The van der Waals surface area contributed by atoms with E-state index in [0.717, 1.165) is 12.2 Å². The predicted octanol–water partition coefficient (Wildman–Crippen LogP) is 2.11. The molecule has 1 aromatic carbocycles. The number of anilines is 1. The third-order valence-corrected chi connectivity index (χ3v) is 2.38. The predicted molar refractivity (Wildman–Crippen MR) is 62.4 cm³/mol. The van der Waals surface area contributed by atoms with Gasteiger partial charge in [-0.25, -0.2) is 0 Å². The fourth-order valence-electron chi connectivity index (χ4n) is 1.84. The van der Waals surface area contributed by atoms with Gasteiger partial charge in [0, 0.05) is 17.6 Å². The molecule has 0 fully saturated rings. The van der Waals surface area contributed by atoms with Crippen molar-refractivity contribution in [2.75, 3.05) is 26.4 Å². The van der Waals surface area contributed by atoms with E-state index in [4.69, 9.17) is 5.73 Å². The topological polar surface area (TPSA) is 29.3 Å². The van der Waals surface area contributed by atoms with E-state index in [9.17, 15) is 0 Å². The first-order valence-corrected chi connectivity index (χ1v) is 4.92. The van der Waals surface area contributed by atoms with Crippen LogP contribution in [0.5, 0.6) is 0 Å². The van der Waals surface area contributed by atoms with Gasteiger partial charge in [0.2, 0.25) is 0 Å². The van der Waals surface area contributed by atoms with Crippen LogP contribution in [-0.4, -0.2) is 25.5 Å². The molecule has 0 aliphatic rings. The minimum Gasteiger partial charge on any atom is -0.399 e. The Balaban J connectivity index is 2.91. The second kappa shape index (κ2) is 4.01. The zero-order chi connectivity index (χ0) is 10.8. The van der Waals surface area contributed by atoms with Crippen LogP contribution in [0.1, 0.15) is 19.4 Å². The lowest BCUT2D eigenvalue weighted by atomic mass is 9.84. The fraction of sp³-hybridized carbons (Fsp3) is 0.500. The molecule has 14 heavy (non-hydrogen) atoms. The van der Waals surface area contributed by atoms with E-state index < -0.39 is 0 Å². The van der Waals surface area contributed by atoms with E-state index in [0.29, 0.717) is 0 Å². The molecular formula is C12H20N2. The molecule has 0 spiro atoms. The Morgan fingerprint density at radius 1 is 1.29 bits per heavy atom. The number of nitrogens with two attached hydrogens (primary N) is 1. The molecule has 1 rings (SSSR count). The van der Waals surface area contributed by atoms with E-state index in [1.807, 2.05) is 12.1 Å². The van der Waals surface area contributed by atoms with Crippen LogP contribution in [0.4, 0.5) is 5.69 Å². The number of nitrogens with zero attached hydrogens (tertiary/aromatic N) is 1. The van der Waals surface area contributed by atoms with Crippen LogP contribution in [-0.2, 0) is 5.41 Å². The maximum Gasteiger partial charge on any atom is 0.0316 e. The van der Waals surface area contributed by atoms with Gasteiger partial charge in [-0.15, -0.1) is 0 Å². The molecule has 2 N–H and O–H groups in total. The Bertz CT molecular complexity index is 303. The summed E-state index contributed by atoms with van der Waals surface area (Å²) in [5.41, 5.74) is 8.06. The number of hydrogen-bond acceptors (Lipinski definition) is 2. The van der Waals surface area contributed by atoms with Gasteiger partial charge in [-0.1, -0.05) is 26.0 Å². The second-order valence-electron chi connectivity index (χ2n) is 4.75. The standard InChI is InChI=1S/C12H20N2/c1-12(2,9-14(3)4)10-6-5-7-11(13)8-10/h5-8H,9,13H2,1-4H3. The molecule has 0 radical (unpaired) electrons. The van der Waals surface area contributed by atoms with Crippen LogP contribution >= 0.6 is 0 Å². The van der Waals surface area contributed by atoms with E-state index in [1.54, 1.807) is 0 Å². The normalized spacial score (nSPS) is 12.1. The molecule has 0 amide bonds. The lowest BCUT2D eigenvalue weighted by Gasteiger charge is -2.29. The van der Waals surface area contributed by atoms with Crippen LogP contribution in [0.25, 0.3) is 0 Å². The SMILES string of the molecule is CN(C)CC(C)(C)c1cccc(N)c1. The molecule has 1 aromatic rings. The maximum atomic E-state index is 5.77. The van der Waals surface area contributed by atoms with Crippen LogP contribution in [0.3, 0.4) is 0 Å². The van der Waals surface area contributed by atoms with Gasteiger partial charge in [0.1, 0.15) is 0 Å². The molecule has 0 atom stereocenters. The Labute approximate surface area is 86.7 Å². The van der Waals surface area contributed by atoms with Crippen molar-refractivity contribution in [3.05, 3.63) is 29.8 Å². The summed E-state index contributed by atoms with van der Waals surface area (Å²) in [5.74, 6) is 0. The van der Waals surface area contributed by atoms with Crippen molar-refractivity contribution in [2.45, 2.75) is 19.3 Å². The van der Waals surface area contributed by atoms with Crippen molar-refractivity contribution in [1.82, 2.24) is 4.90 Å². The highest BCUT2D eigenvalue weighted by Gasteiger charge is 2.21. The Morgan fingerprint density at radius 2 is 1.93 bits per heavy atom. The highest BCUT2D eigenvalue weighted by Crippen LogP contribution is 2.24. The smallest absolute Gasteiger partial charge is 0.0316 e. The average molecular weight is 192 g/mol. The Kier molecular flexibility index (Phi) is 3.17. The molecular weight excluding hydrogens is 172 g/mol. The van der Waals surface area contributed by atoms with E-state index in [2.05, 4.69) is 45.0 Å². The van der Waals surface area contributed by atoms with E-state index >= 15 is 0 Å². The summed E-state index contributed by atoms with van der Waals surface area (Å²) in [7, 11) is 4.18. The summed E-state index contributed by atoms with van der Waals surface area (Å²) in [6.07, 6.45) is 0. The third-order valence-electron chi connectivity index (χ3n) is 2.38.